The summed E-state index contributed by atoms with van der Waals surface area (Å²) in [5, 5.41) is 4.13. The monoisotopic (exact) mass is 831 g/mol. The molecule has 0 bridgehead atoms. The summed E-state index contributed by atoms with van der Waals surface area (Å²) in [5.74, 6) is -5.11. The predicted octanol–water partition coefficient (Wildman–Crippen LogP) is 3.88. The average Bonchev–Trinajstić information content (AvgIpc) is 3.22. The summed E-state index contributed by atoms with van der Waals surface area (Å²) in [6.07, 6.45) is -11.9. The van der Waals surface area contributed by atoms with Gasteiger partial charge >= 0.3 is 17.9 Å². The van der Waals surface area contributed by atoms with Crippen LogP contribution in [0, 0.1) is 0 Å². The van der Waals surface area contributed by atoms with Gasteiger partial charge in [0.25, 0.3) is 0 Å². The number of hydrogen-bond donors (Lipinski definition) is 0. The van der Waals surface area contributed by atoms with Crippen molar-refractivity contribution < 1.29 is 76.0 Å². The second-order valence-corrected chi connectivity index (χ2v) is 14.3. The van der Waals surface area contributed by atoms with Gasteiger partial charge in [-0.2, -0.15) is 0 Å². The van der Waals surface area contributed by atoms with Gasteiger partial charge in [0.2, 0.25) is 11.6 Å². The summed E-state index contributed by atoms with van der Waals surface area (Å²) < 4.78 is 79.8. The van der Waals surface area contributed by atoms with E-state index in [1.54, 1.807) is 13.8 Å². The van der Waals surface area contributed by atoms with E-state index in [1.165, 1.54) is 42.1 Å². The quantitative estimate of drug-likeness (QED) is 0.0684. The number of ether oxygens (including phenoxy) is 13. The summed E-state index contributed by atoms with van der Waals surface area (Å²) >= 11 is 0. The molecule has 3 aliphatic rings. The van der Waals surface area contributed by atoms with Crippen LogP contribution in [0.2, 0.25) is 0 Å². The maximum atomic E-state index is 12.4. The zero-order valence-electron chi connectivity index (χ0n) is 34.3. The Morgan fingerprint density at radius 3 is 1.81 bits per heavy atom. The lowest BCUT2D eigenvalue weighted by atomic mass is 9.90. The van der Waals surface area contributed by atoms with Gasteiger partial charge in [0.1, 0.15) is 62.0 Å². The first-order chi connectivity index (χ1) is 28.3. The van der Waals surface area contributed by atoms with E-state index in [2.05, 4.69) is 10.0 Å². The summed E-state index contributed by atoms with van der Waals surface area (Å²) in [4.78, 5) is 39.6. The van der Waals surface area contributed by atoms with Gasteiger partial charge in [0, 0.05) is 47.0 Å². The van der Waals surface area contributed by atoms with Crippen molar-refractivity contribution in [3.63, 3.8) is 0 Å². The molecule has 0 radical (unpaired) electrons. The van der Waals surface area contributed by atoms with Crippen LogP contribution in [0.1, 0.15) is 45.7 Å². The van der Waals surface area contributed by atoms with Gasteiger partial charge in [-0.05, 0) is 30.5 Å². The zero-order chi connectivity index (χ0) is 42.7. The summed E-state index contributed by atoms with van der Waals surface area (Å²) in [6, 6.07) is 17.5. The molecule has 13 atom stereocenters. The van der Waals surface area contributed by atoms with E-state index in [1.807, 2.05) is 60.7 Å². The first-order valence-corrected chi connectivity index (χ1v) is 19.0. The van der Waals surface area contributed by atoms with Crippen molar-refractivity contribution in [3.8, 4) is 0 Å². The van der Waals surface area contributed by atoms with Crippen molar-refractivity contribution in [1.29, 1.82) is 0 Å². The Balaban J connectivity index is 1.57. The maximum Gasteiger partial charge on any atom is 0.303 e. The Labute approximate surface area is 342 Å². The average molecular weight is 832 g/mol. The fourth-order valence-electron chi connectivity index (χ4n) is 7.15. The molecule has 19 nitrogen and oxygen atoms in total. The van der Waals surface area contributed by atoms with Gasteiger partial charge in [-0.3, -0.25) is 14.4 Å². The van der Waals surface area contributed by atoms with E-state index >= 15 is 0 Å². The van der Waals surface area contributed by atoms with Gasteiger partial charge in [0.05, 0.1) is 13.2 Å². The summed E-state index contributed by atoms with van der Waals surface area (Å²) in [5.41, 5.74) is 11.6. The molecule has 3 fully saturated rings. The number of fused-ring (bicyclic) bond motifs is 1. The fourth-order valence-corrected chi connectivity index (χ4v) is 7.15. The highest BCUT2D eigenvalue weighted by molar-refractivity contribution is 5.67. The Morgan fingerprint density at radius 2 is 1.31 bits per heavy atom. The zero-order valence-corrected chi connectivity index (χ0v) is 34.3. The lowest BCUT2D eigenvalue weighted by Gasteiger charge is -2.58. The number of methoxy groups -OCH3 is 3. The number of esters is 3. The molecule has 5 rings (SSSR count). The van der Waals surface area contributed by atoms with E-state index in [-0.39, 0.29) is 19.8 Å². The minimum Gasteiger partial charge on any atom is -0.463 e. The van der Waals surface area contributed by atoms with E-state index < -0.39 is 104 Å². The molecule has 0 aromatic heterocycles. The van der Waals surface area contributed by atoms with Crippen LogP contribution in [0.5, 0.6) is 0 Å². The molecule has 0 spiro atoms. The van der Waals surface area contributed by atoms with Crippen molar-refractivity contribution in [2.24, 2.45) is 5.11 Å². The lowest BCUT2D eigenvalue weighted by molar-refractivity contribution is -0.487. The van der Waals surface area contributed by atoms with Crippen LogP contribution in [-0.4, -0.2) is 131 Å². The van der Waals surface area contributed by atoms with E-state index in [0.717, 1.165) is 11.1 Å². The molecule has 324 valence electrons. The van der Waals surface area contributed by atoms with Crippen molar-refractivity contribution in [2.75, 3.05) is 34.5 Å². The Kier molecular flexibility index (Phi) is 16.2. The molecule has 0 N–H and O–H groups in total. The number of carbonyl (C=O) groups is 3. The minimum absolute atomic E-state index is 0.0688. The van der Waals surface area contributed by atoms with Crippen LogP contribution in [0.4, 0.5) is 0 Å². The molecule has 2 aromatic carbocycles. The molecule has 59 heavy (non-hydrogen) atoms. The van der Waals surface area contributed by atoms with Gasteiger partial charge < -0.3 is 61.6 Å². The predicted molar refractivity (Wildman–Crippen MR) is 202 cm³/mol. The summed E-state index contributed by atoms with van der Waals surface area (Å²) in [6.45, 7) is 6.30. The molecule has 2 aromatic rings. The van der Waals surface area contributed by atoms with Crippen LogP contribution < -0.4 is 0 Å². The highest BCUT2D eigenvalue weighted by Gasteiger charge is 2.65. The van der Waals surface area contributed by atoms with E-state index in [9.17, 15) is 19.9 Å². The number of hydrogen-bond acceptors (Lipinski definition) is 17. The van der Waals surface area contributed by atoms with E-state index in [4.69, 9.17) is 61.6 Å². The van der Waals surface area contributed by atoms with Crippen molar-refractivity contribution in [3.05, 3.63) is 82.2 Å². The second-order valence-electron chi connectivity index (χ2n) is 14.3. The molecular formula is C40H53N3O16. The minimum atomic E-state index is -1.61. The summed E-state index contributed by atoms with van der Waals surface area (Å²) in [7, 11) is 4.14. The number of nitrogens with zero attached hydrogens (tertiary/aromatic N) is 3. The van der Waals surface area contributed by atoms with Crippen molar-refractivity contribution in [1.82, 2.24) is 0 Å². The highest BCUT2D eigenvalue weighted by atomic mass is 16.8. The number of carbonyl (C=O) groups excluding carboxylic acids is 3. The van der Waals surface area contributed by atoms with Crippen LogP contribution in [0.25, 0.3) is 10.4 Å². The molecule has 0 aliphatic carbocycles. The van der Waals surface area contributed by atoms with Crippen LogP contribution in [-0.2, 0) is 89.2 Å². The van der Waals surface area contributed by atoms with Crippen LogP contribution in [0.15, 0.2) is 65.8 Å². The third kappa shape index (κ3) is 11.1. The van der Waals surface area contributed by atoms with E-state index in [0.29, 0.717) is 0 Å². The number of rotatable bonds is 18. The van der Waals surface area contributed by atoms with Crippen molar-refractivity contribution >= 4 is 17.9 Å². The van der Waals surface area contributed by atoms with Gasteiger partial charge in [-0.1, -0.05) is 65.8 Å². The molecule has 3 saturated heterocycles. The molecule has 0 saturated carbocycles. The molecular weight excluding hydrogens is 778 g/mol. The third-order valence-electron chi connectivity index (χ3n) is 10.3. The van der Waals surface area contributed by atoms with Crippen LogP contribution in [0.3, 0.4) is 0 Å². The smallest absolute Gasteiger partial charge is 0.303 e. The van der Waals surface area contributed by atoms with Gasteiger partial charge in [-0.25, -0.2) is 0 Å². The van der Waals surface area contributed by atoms with Gasteiger partial charge in [-0.15, -0.1) is 0 Å². The SMILES string of the molecule is CO[C@H]1O[C@H]([C@H](COC(C)=O)OC(C)=O)[C@H]2O[C@](C)(OC)[C@@](C)(OC)O[C@@H]2[C@@H]1O[C@@H]1O[C@H](COC(C)=O)[C@@H](OCc2ccccc2)[C@H](OCc2ccccc2)[C@H]1N=[N+]=[N-]. The highest BCUT2D eigenvalue weighted by Crippen LogP contribution is 2.46. The lowest BCUT2D eigenvalue weighted by Crippen LogP contribution is -2.75. The molecule has 3 aliphatic heterocycles. The van der Waals surface area contributed by atoms with Crippen molar-refractivity contribution in [2.45, 2.75) is 127 Å². The Morgan fingerprint density at radius 1 is 0.746 bits per heavy atom. The van der Waals surface area contributed by atoms with Gasteiger partial charge in [0.15, 0.2) is 18.7 Å². The first-order valence-electron chi connectivity index (χ1n) is 19.0. The Bertz CT molecular complexity index is 1740. The fraction of sp³-hybridized carbons (Fsp3) is 0.625. The molecule has 0 unspecified atom stereocenters. The topological polar surface area (TPSA) is 220 Å². The standard InChI is InChI=1S/C40H53N3O16/c1-23(44)50-21-28-31(52-19-26-15-11-9-12-16-26)33(53-20-27-17-13-10-14-18-27)30(42-43-41)37(55-28)57-36-35-34(58-39(4,48-7)40(5,49-8)59-35)32(56-38(36)47-6)29(54-25(3)46)22-51-24(2)45/h9-18,28-38H,19-22H2,1-8H3/t28-,29+,30-,31-,32-,33-,34-,35+,36+,37+,38+,39+,40+/m1/s1. The third-order valence-corrected chi connectivity index (χ3v) is 10.3. The molecule has 0 amide bonds. The normalized spacial score (nSPS) is 33.4. The first kappa shape index (κ1) is 45.8. The number of azide groups is 1. The molecule has 19 heteroatoms. The largest absolute Gasteiger partial charge is 0.463 e. The van der Waals surface area contributed by atoms with Crippen LogP contribution >= 0.6 is 0 Å². The maximum absolute atomic E-state index is 12.4. The number of benzene rings is 2. The molecule has 3 heterocycles. The second kappa shape index (κ2) is 20.8. The Hall–Kier alpha value is -4.24.